The number of hydrogen-bond acceptors (Lipinski definition) is 4. The lowest BCUT2D eigenvalue weighted by atomic mass is 9.91. The van der Waals surface area contributed by atoms with Crippen LogP contribution in [0.5, 0.6) is 0 Å². The third kappa shape index (κ3) is 5.51. The minimum absolute atomic E-state index is 0.0672. The average molecular weight is 300 g/mol. The summed E-state index contributed by atoms with van der Waals surface area (Å²) in [4.78, 5) is 4.95. The van der Waals surface area contributed by atoms with Crippen LogP contribution in [0.15, 0.2) is 0 Å². The van der Waals surface area contributed by atoms with Crippen LogP contribution in [-0.2, 0) is 0 Å². The molecule has 126 valence electrons. The maximum Gasteiger partial charge on any atom is 0.0613 e. The zero-order chi connectivity index (χ0) is 15.9. The monoisotopic (exact) mass is 299 g/mol. The SMILES string of the molecule is CCCNC(CC)(CO)CCCN1CC(C)C(N(C)C)C1. The highest BCUT2D eigenvalue weighted by molar-refractivity contribution is 4.89. The van der Waals surface area contributed by atoms with Crippen LogP contribution in [0.4, 0.5) is 0 Å². The summed E-state index contributed by atoms with van der Waals surface area (Å²) in [5.41, 5.74) is -0.0672. The summed E-state index contributed by atoms with van der Waals surface area (Å²) in [5.74, 6) is 0.756. The molecule has 0 aromatic heterocycles. The molecule has 0 aromatic carbocycles. The van der Waals surface area contributed by atoms with Gasteiger partial charge < -0.3 is 20.2 Å². The normalized spacial score (nSPS) is 26.4. The van der Waals surface area contributed by atoms with Crippen LogP contribution < -0.4 is 5.32 Å². The molecule has 1 saturated heterocycles. The fourth-order valence-corrected chi connectivity index (χ4v) is 3.57. The van der Waals surface area contributed by atoms with Gasteiger partial charge in [-0.25, -0.2) is 0 Å². The van der Waals surface area contributed by atoms with Crippen molar-refractivity contribution >= 4 is 0 Å². The fourth-order valence-electron chi connectivity index (χ4n) is 3.57. The van der Waals surface area contributed by atoms with Crippen molar-refractivity contribution in [2.45, 2.75) is 58.0 Å². The van der Waals surface area contributed by atoms with Gasteiger partial charge in [0.15, 0.2) is 0 Å². The van der Waals surface area contributed by atoms with Crippen LogP contribution in [0.1, 0.15) is 46.5 Å². The quantitative estimate of drug-likeness (QED) is 0.645. The Bertz CT molecular complexity index is 279. The van der Waals surface area contributed by atoms with Crippen molar-refractivity contribution in [2.24, 2.45) is 5.92 Å². The highest BCUT2D eigenvalue weighted by Gasteiger charge is 2.31. The largest absolute Gasteiger partial charge is 0.394 e. The molecule has 0 aromatic rings. The first kappa shape index (κ1) is 18.9. The molecular formula is C17H37N3O. The summed E-state index contributed by atoms with van der Waals surface area (Å²) in [6.45, 7) is 11.5. The van der Waals surface area contributed by atoms with Crippen molar-refractivity contribution in [3.63, 3.8) is 0 Å². The van der Waals surface area contributed by atoms with Gasteiger partial charge in [0, 0.05) is 24.7 Å². The topological polar surface area (TPSA) is 38.7 Å². The minimum Gasteiger partial charge on any atom is -0.394 e. The van der Waals surface area contributed by atoms with Gasteiger partial charge in [0.2, 0.25) is 0 Å². The van der Waals surface area contributed by atoms with Crippen molar-refractivity contribution in [1.82, 2.24) is 15.1 Å². The van der Waals surface area contributed by atoms with Gasteiger partial charge in [-0.1, -0.05) is 20.8 Å². The first-order chi connectivity index (χ1) is 9.98. The van der Waals surface area contributed by atoms with Gasteiger partial charge >= 0.3 is 0 Å². The molecule has 4 nitrogen and oxygen atoms in total. The number of hydrogen-bond donors (Lipinski definition) is 2. The predicted molar refractivity (Wildman–Crippen MR) is 90.7 cm³/mol. The van der Waals surface area contributed by atoms with E-state index in [1.54, 1.807) is 0 Å². The molecule has 1 heterocycles. The zero-order valence-electron chi connectivity index (χ0n) is 14.9. The van der Waals surface area contributed by atoms with Gasteiger partial charge in [-0.3, -0.25) is 0 Å². The molecule has 21 heavy (non-hydrogen) atoms. The molecule has 2 N–H and O–H groups in total. The second-order valence-corrected chi connectivity index (χ2v) is 7.09. The lowest BCUT2D eigenvalue weighted by molar-refractivity contribution is 0.139. The molecule has 0 spiro atoms. The van der Waals surface area contributed by atoms with E-state index in [0.29, 0.717) is 6.04 Å². The third-order valence-corrected chi connectivity index (χ3v) is 5.17. The van der Waals surface area contributed by atoms with Crippen LogP contribution in [-0.4, -0.2) is 73.4 Å². The summed E-state index contributed by atoms with van der Waals surface area (Å²) >= 11 is 0. The van der Waals surface area contributed by atoms with E-state index < -0.39 is 0 Å². The van der Waals surface area contributed by atoms with Gasteiger partial charge in [0.1, 0.15) is 0 Å². The van der Waals surface area contributed by atoms with Gasteiger partial charge in [-0.05, 0) is 58.8 Å². The van der Waals surface area contributed by atoms with Crippen molar-refractivity contribution in [3.8, 4) is 0 Å². The van der Waals surface area contributed by atoms with E-state index in [9.17, 15) is 5.11 Å². The Hall–Kier alpha value is -0.160. The summed E-state index contributed by atoms with van der Waals surface area (Å²) in [5, 5.41) is 13.3. The van der Waals surface area contributed by atoms with E-state index in [4.69, 9.17) is 0 Å². The molecule has 0 radical (unpaired) electrons. The first-order valence-corrected chi connectivity index (χ1v) is 8.72. The molecule has 4 heteroatoms. The summed E-state index contributed by atoms with van der Waals surface area (Å²) in [6.07, 6.45) is 4.35. The number of nitrogens with zero attached hydrogens (tertiary/aromatic N) is 2. The summed E-state index contributed by atoms with van der Waals surface area (Å²) in [6, 6.07) is 0.692. The predicted octanol–water partition coefficient (Wildman–Crippen LogP) is 1.79. The van der Waals surface area contributed by atoms with Crippen LogP contribution >= 0.6 is 0 Å². The number of nitrogens with one attached hydrogen (secondary N) is 1. The van der Waals surface area contributed by atoms with E-state index in [2.05, 4.69) is 50.0 Å². The molecule has 0 amide bonds. The number of aliphatic hydroxyl groups excluding tert-OH is 1. The van der Waals surface area contributed by atoms with E-state index >= 15 is 0 Å². The third-order valence-electron chi connectivity index (χ3n) is 5.17. The van der Waals surface area contributed by atoms with Crippen molar-refractivity contribution in [1.29, 1.82) is 0 Å². The van der Waals surface area contributed by atoms with Crippen molar-refractivity contribution in [2.75, 3.05) is 46.9 Å². The lowest BCUT2D eigenvalue weighted by Gasteiger charge is -2.33. The number of likely N-dealkylation sites (N-methyl/N-ethyl adjacent to an activating group) is 1. The van der Waals surface area contributed by atoms with E-state index in [1.807, 2.05) is 0 Å². The Morgan fingerprint density at radius 2 is 2.00 bits per heavy atom. The van der Waals surface area contributed by atoms with E-state index in [0.717, 1.165) is 44.7 Å². The van der Waals surface area contributed by atoms with Gasteiger partial charge in [0.05, 0.1) is 6.61 Å². The molecule has 3 atom stereocenters. The molecule has 0 aliphatic carbocycles. The van der Waals surface area contributed by atoms with Crippen LogP contribution in [0.2, 0.25) is 0 Å². The Morgan fingerprint density at radius 1 is 1.29 bits per heavy atom. The molecule has 0 bridgehead atoms. The Morgan fingerprint density at radius 3 is 2.48 bits per heavy atom. The average Bonchev–Trinajstić information content (AvgIpc) is 2.84. The number of rotatable bonds is 10. The molecule has 1 aliphatic rings. The van der Waals surface area contributed by atoms with Crippen LogP contribution in [0, 0.1) is 5.92 Å². The summed E-state index contributed by atoms with van der Waals surface area (Å²) in [7, 11) is 4.38. The van der Waals surface area contributed by atoms with E-state index in [-0.39, 0.29) is 12.1 Å². The molecule has 1 aliphatic heterocycles. The maximum atomic E-state index is 9.77. The zero-order valence-corrected chi connectivity index (χ0v) is 14.9. The summed E-state index contributed by atoms with van der Waals surface area (Å²) < 4.78 is 0. The Labute approximate surface area is 131 Å². The molecule has 1 rings (SSSR count). The molecular weight excluding hydrogens is 262 g/mol. The highest BCUT2D eigenvalue weighted by Crippen LogP contribution is 2.22. The second kappa shape index (κ2) is 9.09. The van der Waals surface area contributed by atoms with E-state index in [1.165, 1.54) is 13.1 Å². The van der Waals surface area contributed by atoms with Crippen LogP contribution in [0.3, 0.4) is 0 Å². The maximum absolute atomic E-state index is 9.77. The molecule has 0 saturated carbocycles. The minimum atomic E-state index is -0.0672. The number of likely N-dealkylation sites (tertiary alicyclic amines) is 1. The Kier molecular flexibility index (Phi) is 8.17. The van der Waals surface area contributed by atoms with Gasteiger partial charge in [0.25, 0.3) is 0 Å². The molecule has 1 fully saturated rings. The van der Waals surface area contributed by atoms with Crippen molar-refractivity contribution in [3.05, 3.63) is 0 Å². The second-order valence-electron chi connectivity index (χ2n) is 7.09. The highest BCUT2D eigenvalue weighted by atomic mass is 16.3. The van der Waals surface area contributed by atoms with Gasteiger partial charge in [-0.15, -0.1) is 0 Å². The van der Waals surface area contributed by atoms with Crippen LogP contribution in [0.25, 0.3) is 0 Å². The Balaban J connectivity index is 2.37. The fraction of sp³-hybridized carbons (Fsp3) is 1.00. The smallest absolute Gasteiger partial charge is 0.0613 e. The standard InChI is InChI=1S/C17H37N3O/c1-6-10-18-17(7-2,14-21)9-8-11-20-12-15(3)16(13-20)19(4)5/h15-16,18,21H,6-14H2,1-5H3. The van der Waals surface area contributed by atoms with Crippen molar-refractivity contribution < 1.29 is 5.11 Å². The first-order valence-electron chi connectivity index (χ1n) is 8.72. The molecule has 3 unspecified atom stereocenters. The van der Waals surface area contributed by atoms with Gasteiger partial charge in [-0.2, -0.15) is 0 Å². The number of aliphatic hydroxyl groups is 1. The lowest BCUT2D eigenvalue weighted by Crippen LogP contribution is -2.48.